The molecule has 22 heavy (non-hydrogen) atoms. The van der Waals surface area contributed by atoms with Gasteiger partial charge in [-0.15, -0.1) is 10.2 Å². The lowest BCUT2D eigenvalue weighted by atomic mass is 10.1. The second-order valence-corrected chi connectivity index (χ2v) is 5.27. The highest BCUT2D eigenvalue weighted by molar-refractivity contribution is 5.99. The van der Waals surface area contributed by atoms with Crippen molar-refractivity contribution in [3.63, 3.8) is 0 Å². The van der Waals surface area contributed by atoms with Gasteiger partial charge in [-0.25, -0.2) is 4.79 Å². The van der Waals surface area contributed by atoms with E-state index in [-0.39, 0.29) is 6.03 Å². The van der Waals surface area contributed by atoms with Crippen molar-refractivity contribution in [3.05, 3.63) is 53.5 Å². The normalized spacial score (nSPS) is 10.7. The Balaban J connectivity index is 1.74. The van der Waals surface area contributed by atoms with E-state index in [1.54, 1.807) is 12.3 Å². The van der Waals surface area contributed by atoms with E-state index in [4.69, 9.17) is 0 Å². The number of urea groups is 1. The molecule has 0 aliphatic rings. The maximum atomic E-state index is 12.1. The maximum absolute atomic E-state index is 12.1. The number of amides is 2. The predicted molar refractivity (Wildman–Crippen MR) is 86.3 cm³/mol. The maximum Gasteiger partial charge on any atom is 0.323 e. The van der Waals surface area contributed by atoms with Gasteiger partial charge >= 0.3 is 6.03 Å². The number of nitrogens with one attached hydrogen (secondary N) is 2. The number of rotatable bonds is 2. The van der Waals surface area contributed by atoms with Crippen molar-refractivity contribution >= 4 is 23.1 Å². The number of carbonyl (C=O) groups is 1. The number of benzene rings is 1. The lowest BCUT2D eigenvalue weighted by molar-refractivity contribution is 0.262. The summed E-state index contributed by atoms with van der Waals surface area (Å²) in [5, 5.41) is 13.6. The van der Waals surface area contributed by atoms with Crippen LogP contribution in [0.1, 0.15) is 17.0 Å². The van der Waals surface area contributed by atoms with E-state index in [1.165, 1.54) is 5.56 Å². The highest BCUT2D eigenvalue weighted by Crippen LogP contribution is 2.15. The van der Waals surface area contributed by atoms with Gasteiger partial charge in [0.2, 0.25) is 0 Å². The number of aryl methyl sites for hydroxylation is 3. The molecule has 0 spiro atoms. The Bertz CT molecular complexity index is 853. The molecule has 112 valence electrons. The number of aromatic nitrogens is 3. The Morgan fingerprint density at radius 1 is 0.955 bits per heavy atom. The minimum atomic E-state index is -0.284. The average molecular weight is 295 g/mol. The van der Waals surface area contributed by atoms with Gasteiger partial charge in [-0.2, -0.15) is 0 Å². The molecule has 0 aliphatic heterocycles. The number of carbonyl (C=O) groups excluding carboxylic acids is 1. The summed E-state index contributed by atoms with van der Waals surface area (Å²) in [4.78, 5) is 12.1. The Labute approximate surface area is 128 Å². The Morgan fingerprint density at radius 3 is 2.45 bits per heavy atom. The topological polar surface area (TPSA) is 71.3 Å². The molecule has 0 saturated heterocycles. The van der Waals surface area contributed by atoms with Gasteiger partial charge in [-0.05, 0) is 56.2 Å². The summed E-state index contributed by atoms with van der Waals surface area (Å²) >= 11 is 0. The molecule has 2 heterocycles. The molecular formula is C16H17N5O. The van der Waals surface area contributed by atoms with Gasteiger partial charge in [0.05, 0.1) is 5.69 Å². The second-order valence-electron chi connectivity index (χ2n) is 5.27. The number of fused-ring (bicyclic) bond motifs is 1. The van der Waals surface area contributed by atoms with Crippen molar-refractivity contribution in [1.29, 1.82) is 0 Å². The van der Waals surface area contributed by atoms with Gasteiger partial charge < -0.3 is 10.6 Å². The molecule has 0 bridgehead atoms. The van der Waals surface area contributed by atoms with Crippen LogP contribution in [0.2, 0.25) is 0 Å². The number of hydrogen-bond donors (Lipinski definition) is 2. The first kappa shape index (κ1) is 14.1. The number of hydrogen-bond acceptors (Lipinski definition) is 3. The van der Waals surface area contributed by atoms with Crippen LogP contribution in [0.5, 0.6) is 0 Å². The highest BCUT2D eigenvalue weighted by atomic mass is 16.2. The number of nitrogens with zero attached hydrogens (tertiary/aromatic N) is 3. The molecule has 0 saturated carbocycles. The van der Waals surface area contributed by atoms with Gasteiger partial charge in [0.15, 0.2) is 5.65 Å². The standard InChI is InChI=1S/C16H17N5O/c1-10-4-5-13(8-11(10)2)17-16(22)18-14-6-7-15-20-19-12(3)21(15)9-14/h4-9H,1-3H3,(H2,17,18,22). The first-order valence-electron chi connectivity index (χ1n) is 6.99. The largest absolute Gasteiger partial charge is 0.323 e. The molecule has 0 radical (unpaired) electrons. The smallest absolute Gasteiger partial charge is 0.308 e. The first-order chi connectivity index (χ1) is 10.5. The zero-order valence-electron chi connectivity index (χ0n) is 12.7. The Morgan fingerprint density at radius 2 is 1.68 bits per heavy atom. The molecule has 3 rings (SSSR count). The van der Waals surface area contributed by atoms with E-state index in [9.17, 15) is 4.79 Å². The summed E-state index contributed by atoms with van der Waals surface area (Å²) in [6.45, 7) is 5.91. The average Bonchev–Trinajstić information content (AvgIpc) is 2.84. The van der Waals surface area contributed by atoms with Gasteiger partial charge in [-0.1, -0.05) is 6.07 Å². The van der Waals surface area contributed by atoms with E-state index >= 15 is 0 Å². The third kappa shape index (κ3) is 2.76. The van der Waals surface area contributed by atoms with E-state index < -0.39 is 0 Å². The van der Waals surface area contributed by atoms with Crippen molar-refractivity contribution in [1.82, 2.24) is 14.6 Å². The van der Waals surface area contributed by atoms with Gasteiger partial charge in [0, 0.05) is 11.9 Å². The van der Waals surface area contributed by atoms with Gasteiger partial charge in [-0.3, -0.25) is 4.40 Å². The molecule has 0 atom stereocenters. The van der Waals surface area contributed by atoms with Crippen molar-refractivity contribution in [2.45, 2.75) is 20.8 Å². The van der Waals surface area contributed by atoms with Crippen LogP contribution in [-0.2, 0) is 0 Å². The summed E-state index contributed by atoms with van der Waals surface area (Å²) < 4.78 is 1.83. The van der Waals surface area contributed by atoms with Crippen molar-refractivity contribution < 1.29 is 4.79 Å². The molecule has 3 aromatic rings. The van der Waals surface area contributed by atoms with E-state index in [1.807, 2.05) is 49.4 Å². The van der Waals surface area contributed by atoms with Crippen LogP contribution in [0, 0.1) is 20.8 Å². The lowest BCUT2D eigenvalue weighted by Gasteiger charge is -2.09. The second kappa shape index (κ2) is 5.48. The fourth-order valence-corrected chi connectivity index (χ4v) is 2.19. The monoisotopic (exact) mass is 295 g/mol. The third-order valence-corrected chi connectivity index (χ3v) is 3.60. The quantitative estimate of drug-likeness (QED) is 0.762. The molecule has 1 aromatic carbocycles. The molecule has 2 N–H and O–H groups in total. The lowest BCUT2D eigenvalue weighted by Crippen LogP contribution is -2.19. The molecule has 6 nitrogen and oxygen atoms in total. The molecular weight excluding hydrogens is 278 g/mol. The minimum Gasteiger partial charge on any atom is -0.308 e. The number of pyridine rings is 1. The van der Waals surface area contributed by atoms with Crippen LogP contribution >= 0.6 is 0 Å². The third-order valence-electron chi connectivity index (χ3n) is 3.60. The van der Waals surface area contributed by atoms with Crippen LogP contribution < -0.4 is 10.6 Å². The van der Waals surface area contributed by atoms with Gasteiger partial charge in [0.25, 0.3) is 0 Å². The molecule has 2 aromatic heterocycles. The van der Waals surface area contributed by atoms with Crippen LogP contribution in [0.4, 0.5) is 16.2 Å². The predicted octanol–water partition coefficient (Wildman–Crippen LogP) is 3.30. The molecule has 0 fully saturated rings. The van der Waals surface area contributed by atoms with Crippen LogP contribution in [-0.4, -0.2) is 20.6 Å². The molecule has 0 unspecified atom stereocenters. The fraction of sp³-hybridized carbons (Fsp3) is 0.188. The van der Waals surface area contributed by atoms with Crippen LogP contribution in [0.15, 0.2) is 36.5 Å². The zero-order chi connectivity index (χ0) is 15.7. The Kier molecular flexibility index (Phi) is 3.50. The highest BCUT2D eigenvalue weighted by Gasteiger charge is 2.06. The summed E-state index contributed by atoms with van der Waals surface area (Å²) in [6.07, 6.45) is 1.80. The van der Waals surface area contributed by atoms with Gasteiger partial charge in [0.1, 0.15) is 5.82 Å². The van der Waals surface area contributed by atoms with Crippen molar-refractivity contribution in [2.75, 3.05) is 10.6 Å². The SMILES string of the molecule is Cc1ccc(NC(=O)Nc2ccc3nnc(C)n3c2)cc1C. The summed E-state index contributed by atoms with van der Waals surface area (Å²) in [7, 11) is 0. The fourth-order valence-electron chi connectivity index (χ4n) is 2.19. The van der Waals surface area contributed by atoms with E-state index in [2.05, 4.69) is 20.8 Å². The summed E-state index contributed by atoms with van der Waals surface area (Å²) in [6, 6.07) is 9.14. The Hall–Kier alpha value is -2.89. The minimum absolute atomic E-state index is 0.284. The summed E-state index contributed by atoms with van der Waals surface area (Å²) in [5.41, 5.74) is 4.52. The van der Waals surface area contributed by atoms with Crippen molar-refractivity contribution in [2.24, 2.45) is 0 Å². The van der Waals surface area contributed by atoms with Crippen LogP contribution in [0.25, 0.3) is 5.65 Å². The molecule has 0 aliphatic carbocycles. The van der Waals surface area contributed by atoms with Crippen molar-refractivity contribution in [3.8, 4) is 0 Å². The zero-order valence-corrected chi connectivity index (χ0v) is 12.7. The molecule has 2 amide bonds. The first-order valence-corrected chi connectivity index (χ1v) is 6.99. The summed E-state index contributed by atoms with van der Waals surface area (Å²) in [5.74, 6) is 0.771. The van der Waals surface area contributed by atoms with E-state index in [0.717, 1.165) is 22.7 Å². The van der Waals surface area contributed by atoms with Crippen LogP contribution in [0.3, 0.4) is 0 Å². The molecule has 6 heteroatoms. The number of anilines is 2. The van der Waals surface area contributed by atoms with E-state index in [0.29, 0.717) is 5.69 Å².